The van der Waals surface area contributed by atoms with E-state index in [1.807, 2.05) is 24.3 Å². The number of piperidine rings is 1. The van der Waals surface area contributed by atoms with Gasteiger partial charge in [0.25, 0.3) is 5.91 Å². The highest BCUT2D eigenvalue weighted by Crippen LogP contribution is 2.24. The molecule has 164 valence electrons. The second-order valence-corrected chi connectivity index (χ2v) is 8.38. The molecular formula is C23H24BrFN2O4. The van der Waals surface area contributed by atoms with E-state index in [-0.39, 0.29) is 30.0 Å². The molecule has 0 aliphatic carbocycles. The average Bonchev–Trinajstić information content (AvgIpc) is 2.79. The number of methoxy groups -OCH3 is 1. The average molecular weight is 491 g/mol. The van der Waals surface area contributed by atoms with E-state index in [0.29, 0.717) is 31.5 Å². The molecule has 2 amide bonds. The number of benzene rings is 2. The zero-order valence-corrected chi connectivity index (χ0v) is 18.7. The summed E-state index contributed by atoms with van der Waals surface area (Å²) in [6.07, 6.45) is 1.07. The Kier molecular flexibility index (Phi) is 7.79. The Bertz CT molecular complexity index is 926. The van der Waals surface area contributed by atoms with E-state index in [9.17, 15) is 18.8 Å². The molecule has 1 fully saturated rings. The van der Waals surface area contributed by atoms with Crippen LogP contribution in [0.25, 0.3) is 0 Å². The minimum Gasteiger partial charge on any atom is -0.469 e. The van der Waals surface area contributed by atoms with Gasteiger partial charge in [0.05, 0.1) is 19.6 Å². The molecule has 0 radical (unpaired) electrons. The summed E-state index contributed by atoms with van der Waals surface area (Å²) in [7, 11) is 1.32. The third-order valence-electron chi connectivity index (χ3n) is 5.43. The van der Waals surface area contributed by atoms with Crippen molar-refractivity contribution in [3.05, 3.63) is 69.9 Å². The number of nitrogens with one attached hydrogen (secondary N) is 1. The molecule has 3 rings (SSSR count). The molecule has 31 heavy (non-hydrogen) atoms. The maximum absolute atomic E-state index is 13.1. The molecule has 2 aromatic carbocycles. The molecule has 0 aromatic heterocycles. The van der Waals surface area contributed by atoms with Gasteiger partial charge < -0.3 is 15.0 Å². The van der Waals surface area contributed by atoms with Gasteiger partial charge in [0, 0.05) is 29.0 Å². The maximum Gasteiger partial charge on any atom is 0.307 e. The van der Waals surface area contributed by atoms with Gasteiger partial charge in [0.15, 0.2) is 0 Å². The molecule has 1 unspecified atom stereocenters. The van der Waals surface area contributed by atoms with Crippen LogP contribution in [0.4, 0.5) is 4.39 Å². The van der Waals surface area contributed by atoms with E-state index in [1.165, 1.54) is 31.4 Å². The van der Waals surface area contributed by atoms with E-state index < -0.39 is 12.0 Å². The van der Waals surface area contributed by atoms with Gasteiger partial charge in [-0.15, -0.1) is 0 Å². The van der Waals surface area contributed by atoms with Crippen LogP contribution < -0.4 is 5.32 Å². The monoisotopic (exact) mass is 490 g/mol. The summed E-state index contributed by atoms with van der Waals surface area (Å²) in [5, 5.41) is 2.97. The van der Waals surface area contributed by atoms with Crippen LogP contribution in [0.2, 0.25) is 0 Å². The smallest absolute Gasteiger partial charge is 0.307 e. The first kappa shape index (κ1) is 22.9. The molecule has 1 N–H and O–H groups in total. The highest BCUT2D eigenvalue weighted by atomic mass is 79.9. The Morgan fingerprint density at radius 3 is 2.29 bits per heavy atom. The first-order valence-electron chi connectivity index (χ1n) is 10.0. The maximum atomic E-state index is 13.1. The van der Waals surface area contributed by atoms with E-state index in [2.05, 4.69) is 21.2 Å². The van der Waals surface area contributed by atoms with Gasteiger partial charge in [-0.2, -0.15) is 0 Å². The summed E-state index contributed by atoms with van der Waals surface area (Å²) in [5.41, 5.74) is 1.24. The van der Waals surface area contributed by atoms with Gasteiger partial charge in [-0.3, -0.25) is 14.4 Å². The predicted molar refractivity (Wildman–Crippen MR) is 117 cm³/mol. The Balaban J connectivity index is 1.60. The van der Waals surface area contributed by atoms with Crippen LogP contribution >= 0.6 is 15.9 Å². The van der Waals surface area contributed by atoms with Gasteiger partial charge in [0.1, 0.15) is 5.82 Å². The van der Waals surface area contributed by atoms with Gasteiger partial charge in [-0.1, -0.05) is 28.1 Å². The van der Waals surface area contributed by atoms with Crippen molar-refractivity contribution in [1.82, 2.24) is 10.2 Å². The number of ether oxygens (including phenoxy) is 1. The number of hydrogen-bond acceptors (Lipinski definition) is 4. The zero-order valence-electron chi connectivity index (χ0n) is 17.1. The number of carbonyl (C=O) groups is 3. The lowest BCUT2D eigenvalue weighted by molar-refractivity contribution is -0.141. The van der Waals surface area contributed by atoms with Crippen molar-refractivity contribution < 1.29 is 23.5 Å². The highest BCUT2D eigenvalue weighted by molar-refractivity contribution is 9.10. The van der Waals surface area contributed by atoms with Gasteiger partial charge in [0.2, 0.25) is 5.91 Å². The first-order chi connectivity index (χ1) is 14.9. The summed E-state index contributed by atoms with van der Waals surface area (Å²) in [4.78, 5) is 39.0. The van der Waals surface area contributed by atoms with Crippen LogP contribution in [0, 0.1) is 11.7 Å². The lowest BCUT2D eigenvalue weighted by atomic mass is 9.94. The lowest BCUT2D eigenvalue weighted by Gasteiger charge is -2.32. The first-order valence-corrected chi connectivity index (χ1v) is 10.8. The van der Waals surface area contributed by atoms with Crippen molar-refractivity contribution in [3.63, 3.8) is 0 Å². The SMILES string of the molecule is COC(=O)CC(NC(=O)C1CCN(C(=O)c2ccc(F)cc2)CC1)c1ccc(Br)cc1. The van der Waals surface area contributed by atoms with Crippen LogP contribution in [0.5, 0.6) is 0 Å². The fraction of sp³-hybridized carbons (Fsp3) is 0.348. The topological polar surface area (TPSA) is 75.7 Å². The van der Waals surface area contributed by atoms with Crippen LogP contribution in [0.15, 0.2) is 53.0 Å². The second-order valence-electron chi connectivity index (χ2n) is 7.47. The summed E-state index contributed by atoms with van der Waals surface area (Å²) >= 11 is 3.38. The Morgan fingerprint density at radius 1 is 1.10 bits per heavy atom. The number of halogens is 2. The quantitative estimate of drug-likeness (QED) is 0.623. The zero-order chi connectivity index (χ0) is 22.4. The Hall–Kier alpha value is -2.74. The van der Waals surface area contributed by atoms with Crippen molar-refractivity contribution in [2.45, 2.75) is 25.3 Å². The lowest BCUT2D eigenvalue weighted by Crippen LogP contribution is -2.44. The highest BCUT2D eigenvalue weighted by Gasteiger charge is 2.30. The van der Waals surface area contributed by atoms with Crippen molar-refractivity contribution in [2.75, 3.05) is 20.2 Å². The van der Waals surface area contributed by atoms with Crippen LogP contribution in [-0.4, -0.2) is 42.9 Å². The molecule has 2 aromatic rings. The number of nitrogens with zero attached hydrogens (tertiary/aromatic N) is 1. The van der Waals surface area contributed by atoms with Gasteiger partial charge in [-0.25, -0.2) is 4.39 Å². The number of amides is 2. The third-order valence-corrected chi connectivity index (χ3v) is 5.96. The van der Waals surface area contributed by atoms with Crippen LogP contribution in [-0.2, 0) is 14.3 Å². The number of likely N-dealkylation sites (tertiary alicyclic amines) is 1. The molecule has 0 bridgehead atoms. The normalized spacial score (nSPS) is 15.3. The summed E-state index contributed by atoms with van der Waals surface area (Å²) in [5.74, 6) is -1.37. The van der Waals surface area contributed by atoms with E-state index in [1.54, 1.807) is 4.90 Å². The molecule has 1 aliphatic rings. The van der Waals surface area contributed by atoms with Crippen molar-refractivity contribution in [1.29, 1.82) is 0 Å². The second kappa shape index (κ2) is 10.5. The van der Waals surface area contributed by atoms with Crippen molar-refractivity contribution >= 4 is 33.7 Å². The molecular weight excluding hydrogens is 467 g/mol. The molecule has 1 atom stereocenters. The van der Waals surface area contributed by atoms with Crippen molar-refractivity contribution in [3.8, 4) is 0 Å². The summed E-state index contributed by atoms with van der Waals surface area (Å²) < 4.78 is 18.8. The van der Waals surface area contributed by atoms with Crippen LogP contribution in [0.1, 0.15) is 41.2 Å². The molecule has 1 saturated heterocycles. The molecule has 1 aliphatic heterocycles. The number of rotatable bonds is 6. The minimum absolute atomic E-state index is 0.0335. The number of carbonyl (C=O) groups excluding carboxylic acids is 3. The third kappa shape index (κ3) is 6.13. The molecule has 8 heteroatoms. The fourth-order valence-electron chi connectivity index (χ4n) is 3.61. The molecule has 0 spiro atoms. The van der Waals surface area contributed by atoms with E-state index in [0.717, 1.165) is 10.0 Å². The Morgan fingerprint density at radius 2 is 1.71 bits per heavy atom. The summed E-state index contributed by atoms with van der Waals surface area (Å²) in [6, 6.07) is 12.4. The van der Waals surface area contributed by atoms with E-state index in [4.69, 9.17) is 4.74 Å². The van der Waals surface area contributed by atoms with Crippen LogP contribution in [0.3, 0.4) is 0 Å². The fourth-order valence-corrected chi connectivity index (χ4v) is 3.87. The van der Waals surface area contributed by atoms with Gasteiger partial charge in [-0.05, 0) is 54.8 Å². The molecule has 0 saturated carbocycles. The molecule has 6 nitrogen and oxygen atoms in total. The minimum atomic E-state index is -0.494. The summed E-state index contributed by atoms with van der Waals surface area (Å²) in [6.45, 7) is 0.877. The molecule has 1 heterocycles. The van der Waals surface area contributed by atoms with Gasteiger partial charge >= 0.3 is 5.97 Å². The van der Waals surface area contributed by atoms with E-state index >= 15 is 0 Å². The predicted octanol–water partition coefficient (Wildman–Crippen LogP) is 3.86. The number of hydrogen-bond donors (Lipinski definition) is 1. The largest absolute Gasteiger partial charge is 0.469 e. The standard InChI is InChI=1S/C23H24BrFN2O4/c1-31-21(28)14-20(15-2-6-18(24)7-3-15)26-22(29)16-10-12-27(13-11-16)23(30)17-4-8-19(25)9-5-17/h2-9,16,20H,10-14H2,1H3,(H,26,29). The Labute approximate surface area is 188 Å². The number of esters is 1. The van der Waals surface area contributed by atoms with Crippen molar-refractivity contribution in [2.24, 2.45) is 5.92 Å².